The number of pyridine rings is 2. The summed E-state index contributed by atoms with van der Waals surface area (Å²) in [4.78, 5) is 7.69. The van der Waals surface area contributed by atoms with E-state index in [1.807, 2.05) is 24.3 Å². The van der Waals surface area contributed by atoms with Gasteiger partial charge in [-0.15, -0.1) is 0 Å². The molecule has 8 bridgehead atoms. The van der Waals surface area contributed by atoms with Gasteiger partial charge >= 0.3 is 0 Å². The zero-order valence-electron chi connectivity index (χ0n) is 34.0. The summed E-state index contributed by atoms with van der Waals surface area (Å²) in [6, 6.07) is 7.64. The van der Waals surface area contributed by atoms with Crippen molar-refractivity contribution < 1.29 is 17.1 Å². The molecule has 8 atom stereocenters. The van der Waals surface area contributed by atoms with E-state index in [0.717, 1.165) is 58.5 Å². The van der Waals surface area contributed by atoms with Crippen molar-refractivity contribution >= 4 is 12.2 Å². The molecule has 11 rings (SSSR count). The van der Waals surface area contributed by atoms with Crippen molar-refractivity contribution in [2.75, 3.05) is 0 Å². The summed E-state index contributed by atoms with van der Waals surface area (Å²) < 4.78 is 0. The van der Waals surface area contributed by atoms with Crippen LogP contribution in [0.2, 0.25) is 0 Å². The Morgan fingerprint density at radius 2 is 0.526 bits per heavy atom. The second-order valence-electron chi connectivity index (χ2n) is 18.6. The summed E-state index contributed by atoms with van der Waals surface area (Å²) in [5.74, 6) is 5.97. The van der Waals surface area contributed by atoms with Crippen molar-refractivity contribution in [3.63, 3.8) is 0 Å². The Labute approximate surface area is 353 Å². The number of rotatable bonds is 2. The zero-order valence-corrected chi connectivity index (χ0v) is 35.1. The molecule has 5 aliphatic heterocycles. The predicted octanol–water partition coefficient (Wildman–Crippen LogP) is 6.05. The number of hydrogen-bond donors (Lipinski definition) is 8. The molecule has 5 saturated heterocycles. The van der Waals surface area contributed by atoms with E-state index in [1.54, 1.807) is 36.9 Å². The van der Waals surface area contributed by atoms with Crippen LogP contribution in [0, 0.1) is 47.3 Å². The van der Waals surface area contributed by atoms with E-state index in [9.17, 15) is 0 Å². The van der Waals surface area contributed by atoms with Gasteiger partial charge in [-0.1, -0.05) is 76.7 Å². The maximum Gasteiger partial charge on any atom is 0.0628 e. The average Bonchev–Trinajstić information content (AvgIpc) is 4.01. The van der Waals surface area contributed by atoms with Crippen LogP contribution in [-0.2, 0) is 17.1 Å². The molecule has 10 nitrogen and oxygen atoms in total. The average molecular weight is 819 g/mol. The number of nitrogens with one attached hydrogen (secondary N) is 8. The smallest absolute Gasteiger partial charge is 0.0628 e. The van der Waals surface area contributed by atoms with Gasteiger partial charge in [-0.3, -0.25) is 52.5 Å². The first kappa shape index (κ1) is 41.7. The number of fused-ring (bicyclic) bond motifs is 20. The molecule has 0 amide bonds. The first-order valence-corrected chi connectivity index (χ1v) is 22.8. The molecule has 0 radical (unpaired) electrons. The summed E-state index contributed by atoms with van der Waals surface area (Å²) in [5.41, 5.74) is 2.22. The molecule has 0 aromatic carbocycles. The summed E-state index contributed by atoms with van der Waals surface area (Å²) in [7, 11) is 0. The second kappa shape index (κ2) is 19.6. The standard InChI is InChI=1S/C32H56N8.2C7H7N.Fe/c1-2-10-18-17(9-1)25-33-26(18)38-28-21-13-5-6-14-22(21)30(35-28)40-32-24-16-8-7-15-23(24)31(36-32)39-29-20-12-4-3-11-19(20)27(34-29)37-25;2*1-2-7-3-5-8-6-4-7;/h17-40H,1-16H2;2*2-6H,1H2;. The van der Waals surface area contributed by atoms with Gasteiger partial charge in [-0.25, -0.2) is 0 Å². The summed E-state index contributed by atoms with van der Waals surface area (Å²) in [5, 5.41) is 33.8. The van der Waals surface area contributed by atoms with Crippen LogP contribution in [0.25, 0.3) is 12.2 Å². The van der Waals surface area contributed by atoms with E-state index in [2.05, 4.69) is 65.7 Å². The molecule has 312 valence electrons. The number of hydrogen-bond acceptors (Lipinski definition) is 10. The van der Waals surface area contributed by atoms with Gasteiger partial charge in [0.15, 0.2) is 0 Å². The molecular formula is C46H70FeN10. The largest absolute Gasteiger partial charge is 0.286 e. The third kappa shape index (κ3) is 9.19. The topological polar surface area (TPSA) is 122 Å². The van der Waals surface area contributed by atoms with E-state index in [0.29, 0.717) is 49.3 Å². The first-order valence-electron chi connectivity index (χ1n) is 22.8. The van der Waals surface area contributed by atoms with Crippen molar-refractivity contribution in [3.8, 4) is 0 Å². The molecule has 9 aliphatic rings. The van der Waals surface area contributed by atoms with Gasteiger partial charge in [0.05, 0.1) is 49.3 Å². The van der Waals surface area contributed by atoms with Gasteiger partial charge < -0.3 is 0 Å². The molecule has 9 fully saturated rings. The van der Waals surface area contributed by atoms with E-state index in [4.69, 9.17) is 0 Å². The Morgan fingerprint density at radius 1 is 0.351 bits per heavy atom. The van der Waals surface area contributed by atoms with Crippen LogP contribution in [0.3, 0.4) is 0 Å². The van der Waals surface area contributed by atoms with Gasteiger partial charge in [0.2, 0.25) is 0 Å². The summed E-state index contributed by atoms with van der Waals surface area (Å²) in [6.07, 6.45) is 36.1. The van der Waals surface area contributed by atoms with Gasteiger partial charge in [0, 0.05) is 41.9 Å². The Hall–Kier alpha value is -2.02. The van der Waals surface area contributed by atoms with E-state index in [1.165, 1.54) is 103 Å². The molecule has 57 heavy (non-hydrogen) atoms. The van der Waals surface area contributed by atoms with Crippen LogP contribution < -0.4 is 42.5 Å². The predicted molar refractivity (Wildman–Crippen MR) is 226 cm³/mol. The van der Waals surface area contributed by atoms with Crippen LogP contribution >= 0.6 is 0 Å². The zero-order chi connectivity index (χ0) is 37.8. The second-order valence-corrected chi connectivity index (χ2v) is 18.6. The molecule has 2 aromatic heterocycles. The summed E-state index contributed by atoms with van der Waals surface area (Å²) in [6.45, 7) is 7.21. The fourth-order valence-electron chi connectivity index (χ4n) is 13.0. The maximum atomic E-state index is 4.26. The van der Waals surface area contributed by atoms with Crippen molar-refractivity contribution in [2.24, 2.45) is 47.3 Å². The van der Waals surface area contributed by atoms with Crippen LogP contribution in [0.5, 0.6) is 0 Å². The quantitative estimate of drug-likeness (QED) is 0.170. The summed E-state index contributed by atoms with van der Waals surface area (Å²) >= 11 is 0. The van der Waals surface area contributed by atoms with E-state index in [-0.39, 0.29) is 17.1 Å². The fraction of sp³-hybridized carbons (Fsp3) is 0.696. The Morgan fingerprint density at radius 3 is 0.667 bits per heavy atom. The molecule has 4 saturated carbocycles. The minimum absolute atomic E-state index is 0. The van der Waals surface area contributed by atoms with E-state index >= 15 is 0 Å². The van der Waals surface area contributed by atoms with Gasteiger partial charge in [0.25, 0.3) is 0 Å². The van der Waals surface area contributed by atoms with Crippen LogP contribution in [-0.4, -0.2) is 59.3 Å². The number of aromatic nitrogens is 2. The molecule has 11 heteroatoms. The van der Waals surface area contributed by atoms with Crippen molar-refractivity contribution in [1.82, 2.24) is 52.5 Å². The van der Waals surface area contributed by atoms with Crippen LogP contribution in [0.4, 0.5) is 0 Å². The SMILES string of the molecule is C1CCC2C3NC(NC4NC(NC5NC(NC6NC(N3)C3CCCCC63)C3CCCCC53)C3CCCCC43)C2C1.C=Cc1ccncc1.C=Cc1ccncc1.[Fe]. The van der Waals surface area contributed by atoms with Crippen molar-refractivity contribution in [2.45, 2.75) is 152 Å². The Balaban J connectivity index is 0.000000224. The van der Waals surface area contributed by atoms with Crippen molar-refractivity contribution in [3.05, 3.63) is 73.3 Å². The van der Waals surface area contributed by atoms with Crippen LogP contribution in [0.1, 0.15) is 114 Å². The normalized spacial score (nSPS) is 42.8. The molecule has 0 spiro atoms. The Bertz CT molecular complexity index is 1320. The third-order valence-electron chi connectivity index (χ3n) is 15.7. The molecule has 8 unspecified atom stereocenters. The minimum Gasteiger partial charge on any atom is -0.286 e. The fourth-order valence-corrected chi connectivity index (χ4v) is 13.0. The molecule has 8 N–H and O–H groups in total. The van der Waals surface area contributed by atoms with Crippen molar-refractivity contribution in [1.29, 1.82) is 0 Å². The molecular weight excluding hydrogens is 748 g/mol. The molecule has 2 aromatic rings. The van der Waals surface area contributed by atoms with Crippen LogP contribution in [0.15, 0.2) is 62.2 Å². The molecule has 7 heterocycles. The van der Waals surface area contributed by atoms with Gasteiger partial charge in [0.1, 0.15) is 0 Å². The Kier molecular flexibility index (Phi) is 14.3. The monoisotopic (exact) mass is 819 g/mol. The molecule has 4 aliphatic carbocycles. The van der Waals surface area contributed by atoms with Gasteiger partial charge in [-0.05, 0) is 134 Å². The first-order chi connectivity index (χ1) is 27.7. The maximum absolute atomic E-state index is 4.26. The van der Waals surface area contributed by atoms with E-state index < -0.39 is 0 Å². The third-order valence-corrected chi connectivity index (χ3v) is 15.7. The minimum atomic E-state index is 0. The van der Waals surface area contributed by atoms with Gasteiger partial charge in [-0.2, -0.15) is 0 Å². The number of nitrogens with zero attached hydrogens (tertiary/aromatic N) is 2.